The SMILES string of the molecule is CCC(C)OC(=O)OC(C)O/C(=C(/C#N)c1ccc(C(C)(C)C)cc1)c1c(Cl)c(C)nn1CC.CCCCCOC(=O)OC(C)O/C(=C(/C#N)c1ccc(C(C)(C)C)cc1)c1c(Cl)c(C)nn1CC.CCCCOC(=O)OC(C)O/C(=C(/C#N)c1ccc(C(C)(C)C)cc1)c1c(Cl)c(C)nn1CC.CCn1nc(C)c(Cl)c1/C(OC(C)OC(=O)OCC(C)C)=C(\C#N)c1ccc(C(C)(C)C)cc1. The van der Waals surface area contributed by atoms with E-state index >= 15 is 0 Å². The maximum atomic E-state index is 12.1. The number of nitriles is 4. The monoisotopic (exact) mass is 1960 g/mol. The van der Waals surface area contributed by atoms with Gasteiger partial charge in [0.15, 0.2) is 23.0 Å². The molecule has 0 radical (unpaired) electrons. The van der Waals surface area contributed by atoms with Crippen molar-refractivity contribution >= 4 is 116 Å². The minimum atomic E-state index is -1.04. The summed E-state index contributed by atoms with van der Waals surface area (Å²) in [6, 6.07) is 39.9. The highest BCUT2D eigenvalue weighted by Crippen LogP contribution is 2.42. The molecule has 0 saturated carbocycles. The summed E-state index contributed by atoms with van der Waals surface area (Å²) in [5.41, 5.74) is 12.2. The van der Waals surface area contributed by atoms with Gasteiger partial charge in [0.1, 0.15) is 75.4 Å². The molecular weight excluding hydrogens is 1830 g/mol. The van der Waals surface area contributed by atoms with Gasteiger partial charge in [0.25, 0.3) is 0 Å². The maximum Gasteiger partial charge on any atom is 0.511 e. The van der Waals surface area contributed by atoms with Gasteiger partial charge in [0, 0.05) is 53.9 Å². The van der Waals surface area contributed by atoms with Crippen molar-refractivity contribution in [2.75, 3.05) is 19.8 Å². The van der Waals surface area contributed by atoms with E-state index in [1.165, 1.54) is 0 Å². The zero-order valence-electron chi connectivity index (χ0n) is 85.3. The molecule has 137 heavy (non-hydrogen) atoms. The van der Waals surface area contributed by atoms with Crippen molar-refractivity contribution in [2.24, 2.45) is 5.92 Å². The number of carbonyl (C=O) groups excluding carboxylic acids is 4. The van der Waals surface area contributed by atoms with Crippen LogP contribution in [-0.2, 0) is 105 Å². The third kappa shape index (κ3) is 33.7. The fourth-order valence-corrected chi connectivity index (χ4v) is 14.1. The molecule has 0 aliphatic carbocycles. The number of nitrogens with zero attached hydrogens (tertiary/aromatic N) is 12. The molecule has 28 nitrogen and oxygen atoms in total. The number of rotatable bonds is 35. The van der Waals surface area contributed by atoms with Gasteiger partial charge in [-0.3, -0.25) is 18.7 Å². The number of unbranched alkanes of at least 4 members (excludes halogenated alkanes) is 3. The van der Waals surface area contributed by atoms with Gasteiger partial charge in [-0.05, 0) is 154 Å². The normalized spacial score (nSPS) is 13.3. The topological polar surface area (TPSA) is 345 Å². The fraction of sp³-hybridized carbons (Fsp3) is 0.505. The number of allylic oxidation sites excluding steroid dienone is 4. The van der Waals surface area contributed by atoms with E-state index in [9.17, 15) is 40.2 Å². The Bertz CT molecular complexity index is 5670. The number of aryl methyl sites for hydroxylation is 8. The molecule has 0 bridgehead atoms. The van der Waals surface area contributed by atoms with Crippen LogP contribution in [0, 0.1) is 78.9 Å². The number of halogens is 4. The van der Waals surface area contributed by atoms with E-state index < -0.39 is 49.8 Å². The minimum Gasteiger partial charge on any atom is -0.451 e. The first-order valence-corrected chi connectivity index (χ1v) is 47.9. The molecule has 0 aliphatic rings. The van der Waals surface area contributed by atoms with Crippen LogP contribution in [0.2, 0.25) is 20.1 Å². The van der Waals surface area contributed by atoms with E-state index in [2.05, 4.69) is 135 Å². The molecule has 0 aliphatic heterocycles. The van der Waals surface area contributed by atoms with Gasteiger partial charge in [-0.2, -0.15) is 41.4 Å². The van der Waals surface area contributed by atoms with Crippen molar-refractivity contribution in [3.8, 4) is 24.3 Å². The lowest BCUT2D eigenvalue weighted by molar-refractivity contribution is -0.0757. The summed E-state index contributed by atoms with van der Waals surface area (Å²) in [6.45, 7) is 60.9. The van der Waals surface area contributed by atoms with Crippen LogP contribution < -0.4 is 0 Å². The summed E-state index contributed by atoms with van der Waals surface area (Å²) in [6.07, 6.45) is -2.75. The molecule has 0 fully saturated rings. The van der Waals surface area contributed by atoms with Crippen molar-refractivity contribution in [1.82, 2.24) is 39.1 Å². The fourth-order valence-electron chi connectivity index (χ4n) is 13.2. The van der Waals surface area contributed by atoms with Crippen LogP contribution >= 0.6 is 46.4 Å². The van der Waals surface area contributed by atoms with Gasteiger partial charge in [-0.15, -0.1) is 0 Å². The molecule has 8 rings (SSSR count). The Kier molecular flexibility index (Phi) is 45.3. The maximum absolute atomic E-state index is 12.1. The van der Waals surface area contributed by atoms with Crippen molar-refractivity contribution in [3.05, 3.63) is 207 Å². The molecular formula is C105H138Cl4N12O16. The number of aromatic nitrogens is 8. The zero-order valence-corrected chi connectivity index (χ0v) is 88.3. The van der Waals surface area contributed by atoms with Gasteiger partial charge < -0.3 is 56.8 Å². The second-order valence-electron chi connectivity index (χ2n) is 36.8. The highest BCUT2D eigenvalue weighted by molar-refractivity contribution is 6.34. The van der Waals surface area contributed by atoms with E-state index in [1.54, 1.807) is 81.0 Å². The summed E-state index contributed by atoms with van der Waals surface area (Å²) in [4.78, 5) is 48.3. The predicted molar refractivity (Wildman–Crippen MR) is 537 cm³/mol. The van der Waals surface area contributed by atoms with Gasteiger partial charge in [-0.25, -0.2) is 19.2 Å². The lowest BCUT2D eigenvalue weighted by atomic mass is 9.86. The van der Waals surface area contributed by atoms with E-state index in [4.69, 9.17) is 103 Å². The lowest BCUT2D eigenvalue weighted by Gasteiger charge is -2.21. The summed E-state index contributed by atoms with van der Waals surface area (Å²) in [5.74, 6) is 0.910. The summed E-state index contributed by atoms with van der Waals surface area (Å²) in [7, 11) is 0. The molecule has 4 heterocycles. The first kappa shape index (κ1) is 116. The van der Waals surface area contributed by atoms with E-state index in [0.717, 1.165) is 54.4 Å². The quantitative estimate of drug-likeness (QED) is 0.00889. The van der Waals surface area contributed by atoms with Gasteiger partial charge in [0.2, 0.25) is 25.2 Å². The number of benzene rings is 4. The van der Waals surface area contributed by atoms with E-state index in [1.807, 2.05) is 152 Å². The van der Waals surface area contributed by atoms with Crippen LogP contribution in [0.4, 0.5) is 19.2 Å². The first-order chi connectivity index (χ1) is 64.4. The standard InChI is InChI=1S/C27H36ClN3O4.3C26H34ClN3O4/c1-8-10-11-16-33-26(32)35-19(4)34-25(24-23(28)18(3)30-31(24)9-2)22(17-29)20-12-14-21(15-13-20)27(5,6)7;1-9-30-23(22(27)17(4)29-30)24(33-18(5)34-25(31)32-15-16(2)3)21(14-28)19-10-12-20(13-11-19)26(6,7)8;1-9-16(3)32-25(31)34-18(5)33-24(23-22(27)17(4)29-30(23)10-2)21(15-28)19-11-13-20(14-12-19)26(6,7)8;1-8-10-15-32-25(31)34-18(4)33-24(23-22(27)17(3)29-30(23)9-2)21(16-28)19-11-13-20(14-12-19)26(5,6)7/h12-15,19H,8-11,16H2,1-7H3;10-13,16,18H,9,15H2,1-8H3;11-14,16,18H,9-10H2,1-8H3;11-14,18H,8-10,15H2,1-7H3/b25-22-;3*24-21-. The Morgan fingerprint density at radius 1 is 0.328 bits per heavy atom. The summed E-state index contributed by atoms with van der Waals surface area (Å²) >= 11 is 26.4. The highest BCUT2D eigenvalue weighted by atomic mass is 35.5. The first-order valence-electron chi connectivity index (χ1n) is 46.4. The average Bonchev–Trinajstić information content (AvgIpc) is 1.67. The van der Waals surface area contributed by atoms with Gasteiger partial charge in [0.05, 0.1) is 62.7 Å². The van der Waals surface area contributed by atoms with Crippen molar-refractivity contribution in [1.29, 1.82) is 21.0 Å². The molecule has 8 aromatic rings. The molecule has 0 spiro atoms. The molecule has 5 atom stereocenters. The Hall–Kier alpha value is -11.9. The Labute approximate surface area is 829 Å². The molecule has 4 aromatic heterocycles. The number of ether oxygens (including phenoxy) is 12. The Morgan fingerprint density at radius 2 is 0.555 bits per heavy atom. The van der Waals surface area contributed by atoms with Crippen molar-refractivity contribution in [3.63, 3.8) is 0 Å². The summed E-state index contributed by atoms with van der Waals surface area (Å²) in [5, 5.41) is 59.9. The second-order valence-corrected chi connectivity index (χ2v) is 38.4. The van der Waals surface area contributed by atoms with Gasteiger partial charge >= 0.3 is 24.6 Å². The zero-order chi connectivity index (χ0) is 103. The average molecular weight is 1970 g/mol. The molecule has 4 aromatic carbocycles. The van der Waals surface area contributed by atoms with Gasteiger partial charge in [-0.1, -0.05) is 280 Å². The Morgan fingerprint density at radius 3 is 0.759 bits per heavy atom. The molecule has 5 unspecified atom stereocenters. The molecule has 0 N–H and O–H groups in total. The van der Waals surface area contributed by atoms with Crippen LogP contribution in [0.25, 0.3) is 45.3 Å². The van der Waals surface area contributed by atoms with E-state index in [0.29, 0.717) is 120 Å². The smallest absolute Gasteiger partial charge is 0.451 e. The third-order valence-electron chi connectivity index (χ3n) is 21.1. The molecule has 0 amide bonds. The number of hydrogen-bond acceptors (Lipinski definition) is 24. The molecule has 0 saturated heterocycles. The van der Waals surface area contributed by atoms with Crippen LogP contribution in [0.1, 0.15) is 309 Å². The largest absolute Gasteiger partial charge is 0.511 e. The van der Waals surface area contributed by atoms with Crippen LogP contribution in [-0.4, -0.2) is 115 Å². The second kappa shape index (κ2) is 53.7. The van der Waals surface area contributed by atoms with Crippen molar-refractivity contribution < 1.29 is 76.0 Å². The molecule has 742 valence electrons. The highest BCUT2D eigenvalue weighted by Gasteiger charge is 2.33. The predicted octanol–water partition coefficient (Wildman–Crippen LogP) is 27.7. The minimum absolute atomic E-state index is 0.0316. The van der Waals surface area contributed by atoms with E-state index in [-0.39, 0.29) is 98.8 Å². The van der Waals surface area contributed by atoms with Crippen LogP contribution in [0.15, 0.2) is 97.1 Å². The van der Waals surface area contributed by atoms with Crippen molar-refractivity contribution in [2.45, 2.75) is 325 Å². The lowest BCUT2D eigenvalue weighted by Crippen LogP contribution is -2.22. The van der Waals surface area contributed by atoms with Crippen LogP contribution in [0.3, 0.4) is 0 Å². The van der Waals surface area contributed by atoms with Crippen LogP contribution in [0.5, 0.6) is 0 Å². The Balaban J connectivity index is 0.000000323. The number of carbonyl (C=O) groups is 4. The summed E-state index contributed by atoms with van der Waals surface area (Å²) < 4.78 is 72.4. The number of hydrogen-bond donors (Lipinski definition) is 0. The third-order valence-corrected chi connectivity index (χ3v) is 22.9. The molecule has 32 heteroatoms.